The summed E-state index contributed by atoms with van der Waals surface area (Å²) in [6, 6.07) is 8.00. The lowest BCUT2D eigenvalue weighted by Gasteiger charge is -2.29. The summed E-state index contributed by atoms with van der Waals surface area (Å²) in [5.74, 6) is -3.81. The molecule has 1 aromatic heterocycles. The van der Waals surface area contributed by atoms with Gasteiger partial charge in [-0.3, -0.25) is 10.6 Å². The van der Waals surface area contributed by atoms with Gasteiger partial charge < -0.3 is 9.47 Å². The summed E-state index contributed by atoms with van der Waals surface area (Å²) in [6.07, 6.45) is -5.07. The van der Waals surface area contributed by atoms with Gasteiger partial charge in [0.05, 0.1) is 10.2 Å². The summed E-state index contributed by atoms with van der Waals surface area (Å²) in [6.45, 7) is 1.89. The average Bonchev–Trinajstić information content (AvgIpc) is 3.14. The Kier molecular flexibility index (Phi) is 4.27. The summed E-state index contributed by atoms with van der Waals surface area (Å²) in [4.78, 5) is 16.4. The minimum absolute atomic E-state index is 0.133. The quantitative estimate of drug-likeness (QED) is 0.596. The van der Waals surface area contributed by atoms with Gasteiger partial charge in [-0.15, -0.1) is 0 Å². The van der Waals surface area contributed by atoms with Crippen LogP contribution in [0.25, 0.3) is 10.2 Å². The van der Waals surface area contributed by atoms with E-state index in [1.54, 1.807) is 11.4 Å². The van der Waals surface area contributed by atoms with Gasteiger partial charge >= 0.3 is 18.1 Å². The van der Waals surface area contributed by atoms with Crippen molar-refractivity contribution in [1.29, 1.82) is 0 Å². The van der Waals surface area contributed by atoms with Crippen LogP contribution in [-0.2, 0) is 0 Å². The number of ether oxygens (including phenoxy) is 2. The Balaban J connectivity index is 1.56. The van der Waals surface area contributed by atoms with E-state index >= 15 is 0 Å². The Morgan fingerprint density at radius 2 is 1.93 bits per heavy atom. The average molecular weight is 430 g/mol. The number of benzene rings is 2. The normalized spacial score (nSPS) is 18.3. The van der Waals surface area contributed by atoms with Crippen molar-refractivity contribution in [3.05, 3.63) is 47.0 Å². The molecule has 0 spiro atoms. The topological polar surface area (TPSA) is 72.5 Å². The van der Waals surface area contributed by atoms with Gasteiger partial charge in [0.2, 0.25) is 0 Å². The lowest BCUT2D eigenvalue weighted by atomic mass is 10.2. The highest BCUT2D eigenvalue weighted by Gasteiger charge is 2.65. The Morgan fingerprint density at radius 3 is 2.68 bits per heavy atom. The molecule has 2 amide bonds. The number of amides is 2. The molecule has 146 valence electrons. The number of halogens is 4. The molecule has 3 aromatic rings. The van der Waals surface area contributed by atoms with Crippen LogP contribution in [0.1, 0.15) is 5.56 Å². The fourth-order valence-electron chi connectivity index (χ4n) is 2.58. The first-order valence-electron chi connectivity index (χ1n) is 7.86. The number of fused-ring (bicyclic) bond motifs is 2. The van der Waals surface area contributed by atoms with Crippen molar-refractivity contribution in [2.75, 3.05) is 5.32 Å². The molecule has 1 unspecified atom stereocenters. The molecule has 0 radical (unpaired) electrons. The highest BCUT2D eigenvalue weighted by atomic mass is 35.5. The van der Waals surface area contributed by atoms with Crippen molar-refractivity contribution >= 4 is 44.3 Å². The molecule has 1 aliphatic rings. The molecule has 4 rings (SSSR count). The number of aromatic nitrogens is 1. The highest BCUT2D eigenvalue weighted by molar-refractivity contribution is 7.22. The molecule has 0 saturated carbocycles. The molecule has 2 heterocycles. The molecule has 1 aliphatic heterocycles. The van der Waals surface area contributed by atoms with Crippen molar-refractivity contribution in [3.63, 3.8) is 0 Å². The predicted octanol–water partition coefficient (Wildman–Crippen LogP) is 5.07. The molecule has 1 atom stereocenters. The Bertz CT molecular complexity index is 1090. The second-order valence-corrected chi connectivity index (χ2v) is 7.45. The molecule has 2 N–H and O–H groups in total. The number of nitrogens with one attached hydrogen (secondary N) is 2. The molecular weight excluding hydrogens is 419 g/mol. The standard InChI is InChI=1S/C17H11ClF3N3O3S/c1-8-2-4-10-13(6-8)28-15(22-10)23-14(25)24-17(16(19,20)21)26-11-5-3-9(18)7-12(11)27-17/h2-7H,1H3,(H2,22,23,24,25). The number of thiazole rings is 1. The minimum Gasteiger partial charge on any atom is -0.424 e. The third-order valence-electron chi connectivity index (χ3n) is 3.83. The van der Waals surface area contributed by atoms with Crippen LogP contribution in [-0.4, -0.2) is 23.1 Å². The van der Waals surface area contributed by atoms with Gasteiger partial charge in [-0.2, -0.15) is 13.2 Å². The molecule has 0 bridgehead atoms. The van der Waals surface area contributed by atoms with Crippen LogP contribution < -0.4 is 20.1 Å². The monoisotopic (exact) mass is 429 g/mol. The van der Waals surface area contributed by atoms with E-state index in [0.717, 1.165) is 21.6 Å². The van der Waals surface area contributed by atoms with Gasteiger partial charge in [0.25, 0.3) is 0 Å². The summed E-state index contributed by atoms with van der Waals surface area (Å²) >= 11 is 6.90. The Labute approximate surface area is 165 Å². The first kappa shape index (κ1) is 18.6. The smallest absolute Gasteiger partial charge is 0.424 e. The van der Waals surface area contributed by atoms with Gasteiger partial charge in [-0.05, 0) is 36.8 Å². The third kappa shape index (κ3) is 3.29. The molecule has 6 nitrogen and oxygen atoms in total. The molecule has 28 heavy (non-hydrogen) atoms. The van der Waals surface area contributed by atoms with Crippen LogP contribution >= 0.6 is 22.9 Å². The number of anilines is 1. The summed E-state index contributed by atoms with van der Waals surface area (Å²) in [5, 5.41) is 4.29. The SMILES string of the molecule is Cc1ccc2nc(NC(=O)NC3(C(F)(F)F)Oc4ccc(Cl)cc4O3)sc2c1. The largest absolute Gasteiger partial charge is 0.492 e. The van der Waals surface area contributed by atoms with Crippen molar-refractivity contribution < 1.29 is 27.4 Å². The lowest BCUT2D eigenvalue weighted by molar-refractivity contribution is -0.317. The van der Waals surface area contributed by atoms with Crippen LogP contribution in [0.4, 0.5) is 23.1 Å². The maximum atomic E-state index is 13.7. The number of rotatable bonds is 2. The Hall–Kier alpha value is -2.72. The van der Waals surface area contributed by atoms with Gasteiger partial charge in [0.15, 0.2) is 16.6 Å². The van der Waals surface area contributed by atoms with Crippen LogP contribution in [0.3, 0.4) is 0 Å². The van der Waals surface area contributed by atoms with Gasteiger partial charge in [-0.25, -0.2) is 9.78 Å². The molecule has 0 aliphatic carbocycles. The van der Waals surface area contributed by atoms with Crippen molar-refractivity contribution in [3.8, 4) is 11.5 Å². The zero-order valence-corrected chi connectivity index (χ0v) is 15.6. The first-order valence-corrected chi connectivity index (χ1v) is 9.05. The molecule has 11 heteroatoms. The summed E-state index contributed by atoms with van der Waals surface area (Å²) < 4.78 is 51.6. The van der Waals surface area contributed by atoms with Gasteiger partial charge in [-0.1, -0.05) is 29.0 Å². The maximum Gasteiger partial charge on any atom is 0.492 e. The van der Waals surface area contributed by atoms with E-state index < -0.39 is 18.1 Å². The summed E-state index contributed by atoms with van der Waals surface area (Å²) in [7, 11) is 0. The van der Waals surface area contributed by atoms with E-state index in [1.807, 2.05) is 19.1 Å². The van der Waals surface area contributed by atoms with Gasteiger partial charge in [0.1, 0.15) is 0 Å². The molecule has 0 saturated heterocycles. The number of carbonyl (C=O) groups is 1. The van der Waals surface area contributed by atoms with Crippen molar-refractivity contribution in [1.82, 2.24) is 10.3 Å². The lowest BCUT2D eigenvalue weighted by Crippen LogP contribution is -2.65. The zero-order valence-electron chi connectivity index (χ0n) is 14.1. The zero-order chi connectivity index (χ0) is 20.1. The van der Waals surface area contributed by atoms with E-state index in [-0.39, 0.29) is 21.7 Å². The number of carbonyl (C=O) groups excluding carboxylic acids is 1. The number of urea groups is 1. The summed E-state index contributed by atoms with van der Waals surface area (Å²) in [5.41, 5.74) is 1.61. The third-order valence-corrected chi connectivity index (χ3v) is 5.00. The number of hydrogen-bond donors (Lipinski definition) is 2. The fourth-order valence-corrected chi connectivity index (χ4v) is 3.70. The minimum atomic E-state index is -5.07. The molecular formula is C17H11ClF3N3O3S. The maximum absolute atomic E-state index is 13.7. The fraction of sp³-hybridized carbons (Fsp3) is 0.176. The van der Waals surface area contributed by atoms with E-state index in [9.17, 15) is 18.0 Å². The predicted molar refractivity (Wildman–Crippen MR) is 98.0 cm³/mol. The first-order chi connectivity index (χ1) is 13.1. The van der Waals surface area contributed by atoms with Gasteiger partial charge in [0, 0.05) is 11.1 Å². The van der Waals surface area contributed by atoms with E-state index in [2.05, 4.69) is 10.3 Å². The van der Waals surface area contributed by atoms with Crippen molar-refractivity contribution in [2.45, 2.75) is 19.0 Å². The number of nitrogens with zero attached hydrogens (tertiary/aromatic N) is 1. The van der Waals surface area contributed by atoms with Crippen LogP contribution in [0.15, 0.2) is 36.4 Å². The number of aryl methyl sites for hydroxylation is 1. The molecule has 0 fully saturated rings. The number of hydrogen-bond acceptors (Lipinski definition) is 5. The van der Waals surface area contributed by atoms with E-state index in [4.69, 9.17) is 21.1 Å². The highest BCUT2D eigenvalue weighted by Crippen LogP contribution is 2.46. The Morgan fingerprint density at radius 1 is 1.18 bits per heavy atom. The second kappa shape index (κ2) is 6.42. The van der Waals surface area contributed by atoms with E-state index in [1.165, 1.54) is 18.2 Å². The molecule has 2 aromatic carbocycles. The van der Waals surface area contributed by atoms with Crippen LogP contribution in [0, 0.1) is 6.92 Å². The number of alkyl halides is 3. The second-order valence-electron chi connectivity index (χ2n) is 5.98. The van der Waals surface area contributed by atoms with Crippen molar-refractivity contribution in [2.24, 2.45) is 0 Å². The van der Waals surface area contributed by atoms with E-state index in [0.29, 0.717) is 5.52 Å². The van der Waals surface area contributed by atoms with Crippen LogP contribution in [0.2, 0.25) is 5.02 Å². The van der Waals surface area contributed by atoms with Crippen LogP contribution in [0.5, 0.6) is 11.5 Å².